The van der Waals surface area contributed by atoms with Crippen molar-refractivity contribution in [2.24, 2.45) is 0 Å². The summed E-state index contributed by atoms with van der Waals surface area (Å²) in [7, 11) is 0. The summed E-state index contributed by atoms with van der Waals surface area (Å²) in [6.45, 7) is 5.51. The lowest BCUT2D eigenvalue weighted by molar-refractivity contribution is -0.118. The summed E-state index contributed by atoms with van der Waals surface area (Å²) < 4.78 is 17.9. The molecule has 0 bridgehead atoms. The van der Waals surface area contributed by atoms with E-state index < -0.39 is 0 Å². The molecule has 0 fully saturated rings. The van der Waals surface area contributed by atoms with Crippen molar-refractivity contribution in [1.29, 1.82) is 0 Å². The number of hydrogen-bond acceptors (Lipinski definition) is 6. The van der Waals surface area contributed by atoms with Crippen LogP contribution in [0, 0.1) is 20.8 Å². The van der Waals surface area contributed by atoms with Crippen LogP contribution in [0.5, 0.6) is 11.5 Å². The third kappa shape index (κ3) is 4.80. The molecule has 0 unspecified atom stereocenters. The van der Waals surface area contributed by atoms with Crippen molar-refractivity contribution < 1.29 is 18.8 Å². The number of carbonyl (C=O) groups is 1. The van der Waals surface area contributed by atoms with Crippen LogP contribution in [0.25, 0.3) is 5.65 Å². The maximum atomic E-state index is 12.5. The predicted molar refractivity (Wildman–Crippen MR) is 119 cm³/mol. The Morgan fingerprint density at radius 1 is 1.03 bits per heavy atom. The molecular weight excluding hydrogens is 410 g/mol. The summed E-state index contributed by atoms with van der Waals surface area (Å²) in [5, 5.41) is 2.83. The molecule has 0 saturated heterocycles. The first-order chi connectivity index (χ1) is 15.4. The first-order valence-corrected chi connectivity index (χ1v) is 10.1. The van der Waals surface area contributed by atoms with Gasteiger partial charge < -0.3 is 19.3 Å². The molecule has 0 aliphatic carbocycles. The van der Waals surface area contributed by atoms with Gasteiger partial charge in [0.1, 0.15) is 23.9 Å². The Morgan fingerprint density at radius 3 is 2.66 bits per heavy atom. The zero-order chi connectivity index (χ0) is 22.7. The van der Waals surface area contributed by atoms with Crippen molar-refractivity contribution in [2.75, 3.05) is 11.9 Å². The van der Waals surface area contributed by atoms with Gasteiger partial charge in [-0.15, -0.1) is 4.57 Å². The highest BCUT2D eigenvalue weighted by Gasteiger charge is 2.12. The normalized spacial score (nSPS) is 10.8. The number of rotatable bonds is 7. The molecule has 0 aliphatic rings. The molecule has 0 spiro atoms. The molecule has 2 heterocycles. The fraction of sp³-hybridized carbons (Fsp3) is 0.208. The molecule has 4 aromatic rings. The first kappa shape index (κ1) is 21.2. The lowest BCUT2D eigenvalue weighted by atomic mass is 10.2. The van der Waals surface area contributed by atoms with E-state index in [-0.39, 0.29) is 24.7 Å². The van der Waals surface area contributed by atoms with Crippen LogP contribution in [0.15, 0.2) is 63.9 Å². The molecule has 1 amide bonds. The lowest BCUT2D eigenvalue weighted by Gasteiger charge is -2.14. The molecule has 0 aliphatic heterocycles. The SMILES string of the molecule is Cc1ccc(OCc2cc(=O)n3oc(C)cc3n2)c(NC(=O)COc2ccccc2C)c1. The Labute approximate surface area is 184 Å². The Kier molecular flexibility index (Phi) is 5.93. The number of ether oxygens (including phenoxy) is 2. The van der Waals surface area contributed by atoms with Gasteiger partial charge in [-0.2, -0.15) is 0 Å². The van der Waals surface area contributed by atoms with E-state index in [1.54, 1.807) is 19.1 Å². The van der Waals surface area contributed by atoms with E-state index in [0.29, 0.717) is 34.3 Å². The number of nitrogens with one attached hydrogen (secondary N) is 1. The molecule has 0 saturated carbocycles. The summed E-state index contributed by atoms with van der Waals surface area (Å²) in [5.41, 5.74) is 2.97. The summed E-state index contributed by atoms with van der Waals surface area (Å²) in [6, 6.07) is 16.0. The molecule has 2 aromatic carbocycles. The average molecular weight is 433 g/mol. The molecule has 164 valence electrons. The fourth-order valence-corrected chi connectivity index (χ4v) is 3.21. The van der Waals surface area contributed by atoms with Crippen LogP contribution in [0.2, 0.25) is 0 Å². The molecule has 4 rings (SSSR count). The van der Waals surface area contributed by atoms with Gasteiger partial charge in [0.05, 0.1) is 11.4 Å². The third-order valence-corrected chi connectivity index (χ3v) is 4.76. The van der Waals surface area contributed by atoms with Gasteiger partial charge in [0.25, 0.3) is 11.5 Å². The standard InChI is InChI=1S/C24H23N3O5/c1-15-8-9-21(30-13-18-12-24(29)27-22(25-18)11-17(3)32-27)19(10-15)26-23(28)14-31-20-7-5-4-6-16(20)2/h4-12H,13-14H2,1-3H3,(H,26,28). The Morgan fingerprint density at radius 2 is 1.84 bits per heavy atom. The molecule has 0 radical (unpaired) electrons. The van der Waals surface area contributed by atoms with Crippen LogP contribution in [0.3, 0.4) is 0 Å². The fourth-order valence-electron chi connectivity index (χ4n) is 3.21. The summed E-state index contributed by atoms with van der Waals surface area (Å²) in [6.07, 6.45) is 0. The topological polar surface area (TPSA) is 95.1 Å². The number of fused-ring (bicyclic) bond motifs is 1. The maximum absolute atomic E-state index is 12.5. The Bertz CT molecular complexity index is 1340. The van der Waals surface area contributed by atoms with Gasteiger partial charge in [0.2, 0.25) is 0 Å². The number of amides is 1. The van der Waals surface area contributed by atoms with Crippen LogP contribution < -0.4 is 20.3 Å². The highest BCUT2D eigenvalue weighted by atomic mass is 16.5. The molecule has 32 heavy (non-hydrogen) atoms. The Balaban J connectivity index is 1.45. The van der Waals surface area contributed by atoms with E-state index >= 15 is 0 Å². The monoisotopic (exact) mass is 433 g/mol. The number of aryl methyl sites for hydroxylation is 3. The van der Waals surface area contributed by atoms with E-state index in [1.807, 2.05) is 50.2 Å². The van der Waals surface area contributed by atoms with E-state index in [9.17, 15) is 9.59 Å². The van der Waals surface area contributed by atoms with Crippen LogP contribution in [0.1, 0.15) is 22.6 Å². The van der Waals surface area contributed by atoms with Crippen molar-refractivity contribution in [1.82, 2.24) is 9.56 Å². The number of benzene rings is 2. The van der Waals surface area contributed by atoms with Gasteiger partial charge in [-0.1, -0.05) is 24.3 Å². The molecule has 8 nitrogen and oxygen atoms in total. The third-order valence-electron chi connectivity index (χ3n) is 4.76. The highest BCUT2D eigenvalue weighted by molar-refractivity contribution is 5.93. The number of nitrogens with zero attached hydrogens (tertiary/aromatic N) is 2. The second-order valence-corrected chi connectivity index (χ2v) is 7.48. The number of aromatic nitrogens is 2. The van der Waals surface area contributed by atoms with Gasteiger partial charge in [-0.25, -0.2) is 4.98 Å². The molecular formula is C24H23N3O5. The summed E-state index contributed by atoms with van der Waals surface area (Å²) in [4.78, 5) is 29.1. The van der Waals surface area contributed by atoms with Gasteiger partial charge in [-0.3, -0.25) is 9.59 Å². The van der Waals surface area contributed by atoms with Crippen LogP contribution in [0.4, 0.5) is 5.69 Å². The van der Waals surface area contributed by atoms with Crippen LogP contribution in [-0.2, 0) is 11.4 Å². The minimum absolute atomic E-state index is 0.0572. The average Bonchev–Trinajstić information content (AvgIpc) is 3.13. The van der Waals surface area contributed by atoms with Gasteiger partial charge in [0.15, 0.2) is 12.3 Å². The molecule has 8 heteroatoms. The van der Waals surface area contributed by atoms with Gasteiger partial charge in [0, 0.05) is 12.1 Å². The predicted octanol–water partition coefficient (Wildman–Crippen LogP) is 3.81. The largest absolute Gasteiger partial charge is 0.485 e. The van der Waals surface area contributed by atoms with Crippen molar-refractivity contribution >= 4 is 17.2 Å². The second-order valence-electron chi connectivity index (χ2n) is 7.48. The number of anilines is 1. The van der Waals surface area contributed by atoms with E-state index in [1.165, 1.54) is 6.07 Å². The van der Waals surface area contributed by atoms with Crippen molar-refractivity contribution in [3.63, 3.8) is 0 Å². The molecule has 0 atom stereocenters. The van der Waals surface area contributed by atoms with E-state index in [2.05, 4.69) is 10.3 Å². The quantitative estimate of drug-likeness (QED) is 0.476. The van der Waals surface area contributed by atoms with Gasteiger partial charge in [-0.05, 0) is 50.1 Å². The van der Waals surface area contributed by atoms with Gasteiger partial charge >= 0.3 is 0 Å². The zero-order valence-corrected chi connectivity index (χ0v) is 18.0. The second kappa shape index (κ2) is 8.97. The van der Waals surface area contributed by atoms with Crippen LogP contribution >= 0.6 is 0 Å². The lowest BCUT2D eigenvalue weighted by Crippen LogP contribution is -2.21. The maximum Gasteiger partial charge on any atom is 0.287 e. The number of hydrogen-bond donors (Lipinski definition) is 1. The minimum atomic E-state index is -0.326. The minimum Gasteiger partial charge on any atom is -0.485 e. The Hall–Kier alpha value is -4.07. The number of para-hydroxylation sites is 1. The summed E-state index contributed by atoms with van der Waals surface area (Å²) >= 11 is 0. The number of carbonyl (C=O) groups excluding carboxylic acids is 1. The highest BCUT2D eigenvalue weighted by Crippen LogP contribution is 2.26. The van der Waals surface area contributed by atoms with Crippen molar-refractivity contribution in [3.8, 4) is 11.5 Å². The summed E-state index contributed by atoms with van der Waals surface area (Å²) in [5.74, 6) is 1.40. The van der Waals surface area contributed by atoms with Crippen molar-refractivity contribution in [3.05, 3.63) is 87.5 Å². The van der Waals surface area contributed by atoms with Crippen LogP contribution in [-0.4, -0.2) is 22.1 Å². The smallest absolute Gasteiger partial charge is 0.287 e. The van der Waals surface area contributed by atoms with E-state index in [0.717, 1.165) is 15.7 Å². The molecule has 2 aromatic heterocycles. The van der Waals surface area contributed by atoms with E-state index in [4.69, 9.17) is 14.0 Å². The van der Waals surface area contributed by atoms with Crippen molar-refractivity contribution in [2.45, 2.75) is 27.4 Å². The first-order valence-electron chi connectivity index (χ1n) is 10.1. The molecule has 1 N–H and O–H groups in total. The zero-order valence-electron chi connectivity index (χ0n) is 18.0.